The number of hydrogen-bond donors (Lipinski definition) is 0. The number of para-hydroxylation sites is 1. The number of thioether (sulfide) groups is 1. The van der Waals surface area contributed by atoms with Gasteiger partial charge in [0.1, 0.15) is 12.4 Å². The molecule has 4 rings (SSSR count). The molecule has 138 valence electrons. The lowest BCUT2D eigenvalue weighted by Crippen LogP contribution is -2.38. The van der Waals surface area contributed by atoms with Crippen LogP contribution in [0.5, 0.6) is 0 Å². The van der Waals surface area contributed by atoms with Crippen molar-refractivity contribution in [1.29, 1.82) is 0 Å². The summed E-state index contributed by atoms with van der Waals surface area (Å²) in [5, 5.41) is 4.91. The first-order chi connectivity index (χ1) is 12.6. The first-order valence-corrected chi connectivity index (χ1v) is 10.2. The van der Waals surface area contributed by atoms with Crippen LogP contribution in [-0.2, 0) is 24.3 Å². The molecule has 0 radical (unpaired) electrons. The Balaban J connectivity index is 1.60. The van der Waals surface area contributed by atoms with Crippen LogP contribution in [0.2, 0.25) is 0 Å². The van der Waals surface area contributed by atoms with Crippen molar-refractivity contribution in [3.63, 3.8) is 0 Å². The smallest absolute Gasteiger partial charge is 0.310 e. The van der Waals surface area contributed by atoms with Crippen LogP contribution >= 0.6 is 11.8 Å². The van der Waals surface area contributed by atoms with E-state index in [0.29, 0.717) is 18.3 Å². The molecular weight excluding hydrogens is 348 g/mol. The molecule has 0 fully saturated rings. The van der Waals surface area contributed by atoms with Crippen LogP contribution in [0.15, 0.2) is 34.0 Å². The standard InChI is InChI=1S/C19H24N4O2S/c1-14-10-12-21(15-7-4-5-8-16(15)26-14)18(24)13-23-19(25)22-11-6-2-3-9-17(22)20-23/h4-5,7-8,14H,2-3,6,9-13H2,1H3. The minimum atomic E-state index is -0.152. The molecule has 2 aromatic rings. The number of fused-ring (bicyclic) bond motifs is 2. The Labute approximate surface area is 157 Å². The first-order valence-electron chi connectivity index (χ1n) is 9.36. The summed E-state index contributed by atoms with van der Waals surface area (Å²) in [5.41, 5.74) is 0.793. The second-order valence-electron chi connectivity index (χ2n) is 7.05. The number of amides is 1. The molecule has 1 atom stereocenters. The van der Waals surface area contributed by atoms with Gasteiger partial charge in [-0.05, 0) is 31.4 Å². The maximum Gasteiger partial charge on any atom is 0.346 e. The average Bonchev–Trinajstić information content (AvgIpc) is 2.81. The van der Waals surface area contributed by atoms with Gasteiger partial charge in [-0.15, -0.1) is 11.8 Å². The van der Waals surface area contributed by atoms with Gasteiger partial charge in [0.05, 0.1) is 5.69 Å². The van der Waals surface area contributed by atoms with Crippen molar-refractivity contribution in [1.82, 2.24) is 14.3 Å². The summed E-state index contributed by atoms with van der Waals surface area (Å²) in [4.78, 5) is 28.6. The summed E-state index contributed by atoms with van der Waals surface area (Å²) in [6.45, 7) is 3.58. The van der Waals surface area contributed by atoms with Crippen LogP contribution in [-0.4, -0.2) is 32.0 Å². The fraction of sp³-hybridized carbons (Fsp3) is 0.526. The fourth-order valence-corrected chi connectivity index (χ4v) is 4.80. The van der Waals surface area contributed by atoms with Gasteiger partial charge in [-0.3, -0.25) is 9.36 Å². The van der Waals surface area contributed by atoms with Gasteiger partial charge in [0.2, 0.25) is 5.91 Å². The van der Waals surface area contributed by atoms with E-state index in [2.05, 4.69) is 18.1 Å². The third-order valence-corrected chi connectivity index (χ3v) is 6.35. The highest BCUT2D eigenvalue weighted by atomic mass is 32.2. The van der Waals surface area contributed by atoms with Gasteiger partial charge in [0.25, 0.3) is 0 Å². The van der Waals surface area contributed by atoms with Crippen LogP contribution in [0, 0.1) is 0 Å². The minimum Gasteiger partial charge on any atom is -0.310 e. The molecule has 2 aliphatic rings. The van der Waals surface area contributed by atoms with E-state index in [1.54, 1.807) is 16.3 Å². The molecule has 0 saturated carbocycles. The maximum absolute atomic E-state index is 13.0. The Morgan fingerprint density at radius 1 is 1.23 bits per heavy atom. The number of aryl methyl sites for hydroxylation is 1. The molecule has 3 heterocycles. The summed E-state index contributed by atoms with van der Waals surface area (Å²) in [6, 6.07) is 8.01. The van der Waals surface area contributed by atoms with E-state index in [9.17, 15) is 9.59 Å². The molecule has 2 aliphatic heterocycles. The Hall–Kier alpha value is -2.02. The lowest BCUT2D eigenvalue weighted by Gasteiger charge is -2.22. The third kappa shape index (κ3) is 3.32. The van der Waals surface area contributed by atoms with Gasteiger partial charge in [-0.1, -0.05) is 25.5 Å². The maximum atomic E-state index is 13.0. The van der Waals surface area contributed by atoms with Gasteiger partial charge in [-0.2, -0.15) is 5.10 Å². The van der Waals surface area contributed by atoms with Crippen LogP contribution < -0.4 is 10.6 Å². The van der Waals surface area contributed by atoms with E-state index < -0.39 is 0 Å². The zero-order valence-electron chi connectivity index (χ0n) is 15.1. The molecule has 0 N–H and O–H groups in total. The second-order valence-corrected chi connectivity index (χ2v) is 8.53. The highest BCUT2D eigenvalue weighted by Crippen LogP contribution is 2.37. The van der Waals surface area contributed by atoms with E-state index >= 15 is 0 Å². The van der Waals surface area contributed by atoms with Gasteiger partial charge >= 0.3 is 5.69 Å². The SMILES string of the molecule is CC1CCN(C(=O)Cn2nc3n(c2=O)CCCCC3)c2ccccc2S1. The number of carbonyl (C=O) groups excluding carboxylic acids is 1. The number of hydrogen-bond acceptors (Lipinski definition) is 4. The molecule has 1 aromatic carbocycles. The molecule has 7 heteroatoms. The number of carbonyl (C=O) groups is 1. The summed E-state index contributed by atoms with van der Waals surface area (Å²) < 4.78 is 3.10. The Kier molecular flexibility index (Phi) is 4.89. The second kappa shape index (κ2) is 7.31. The van der Waals surface area contributed by atoms with Crippen LogP contribution in [0.1, 0.15) is 38.4 Å². The first kappa shape index (κ1) is 17.4. The fourth-order valence-electron chi connectivity index (χ4n) is 3.69. The average molecular weight is 372 g/mol. The normalized spacial score (nSPS) is 20.0. The third-order valence-electron chi connectivity index (χ3n) is 5.11. The molecular formula is C19H24N4O2S. The zero-order valence-corrected chi connectivity index (χ0v) is 15.9. The van der Waals surface area contributed by atoms with Crippen LogP contribution in [0.4, 0.5) is 5.69 Å². The number of nitrogens with zero attached hydrogens (tertiary/aromatic N) is 4. The zero-order chi connectivity index (χ0) is 18.1. The van der Waals surface area contributed by atoms with Gasteiger partial charge in [0.15, 0.2) is 0 Å². The minimum absolute atomic E-state index is 0.00617. The largest absolute Gasteiger partial charge is 0.346 e. The Bertz CT molecular complexity index is 873. The van der Waals surface area contributed by atoms with Gasteiger partial charge in [0, 0.05) is 29.7 Å². The van der Waals surface area contributed by atoms with E-state index in [0.717, 1.165) is 48.5 Å². The highest BCUT2D eigenvalue weighted by Gasteiger charge is 2.25. The summed E-state index contributed by atoms with van der Waals surface area (Å²) in [5.74, 6) is 0.753. The van der Waals surface area contributed by atoms with Crippen molar-refractivity contribution in [3.05, 3.63) is 40.6 Å². The van der Waals surface area contributed by atoms with Crippen molar-refractivity contribution < 1.29 is 4.79 Å². The van der Waals surface area contributed by atoms with E-state index in [-0.39, 0.29) is 18.1 Å². The van der Waals surface area contributed by atoms with Crippen molar-refractivity contribution in [3.8, 4) is 0 Å². The van der Waals surface area contributed by atoms with Crippen LogP contribution in [0.25, 0.3) is 0 Å². The molecule has 26 heavy (non-hydrogen) atoms. The molecule has 6 nitrogen and oxygen atoms in total. The summed E-state index contributed by atoms with van der Waals surface area (Å²) in [7, 11) is 0. The summed E-state index contributed by atoms with van der Waals surface area (Å²) in [6.07, 6.45) is 4.93. The molecule has 0 spiro atoms. The van der Waals surface area contributed by atoms with Crippen molar-refractivity contribution in [2.45, 2.75) is 62.3 Å². The van der Waals surface area contributed by atoms with Crippen molar-refractivity contribution in [2.24, 2.45) is 0 Å². The van der Waals surface area contributed by atoms with E-state index in [1.165, 1.54) is 4.68 Å². The predicted molar refractivity (Wildman–Crippen MR) is 103 cm³/mol. The lowest BCUT2D eigenvalue weighted by molar-refractivity contribution is -0.119. The topological polar surface area (TPSA) is 60.1 Å². The number of anilines is 1. The van der Waals surface area contributed by atoms with E-state index in [1.807, 2.05) is 23.1 Å². The molecule has 0 saturated heterocycles. The van der Waals surface area contributed by atoms with Crippen molar-refractivity contribution in [2.75, 3.05) is 11.4 Å². The summed E-state index contributed by atoms with van der Waals surface area (Å²) >= 11 is 1.81. The number of benzene rings is 1. The Morgan fingerprint density at radius 2 is 2.08 bits per heavy atom. The van der Waals surface area contributed by atoms with E-state index in [4.69, 9.17) is 0 Å². The molecule has 1 amide bonds. The molecule has 1 aromatic heterocycles. The number of aromatic nitrogens is 3. The lowest BCUT2D eigenvalue weighted by atomic mass is 10.2. The van der Waals surface area contributed by atoms with Crippen molar-refractivity contribution >= 4 is 23.4 Å². The van der Waals surface area contributed by atoms with Gasteiger partial charge < -0.3 is 4.90 Å². The number of rotatable bonds is 2. The quantitative estimate of drug-likeness (QED) is 0.813. The Morgan fingerprint density at radius 3 is 2.96 bits per heavy atom. The molecule has 1 unspecified atom stereocenters. The van der Waals surface area contributed by atoms with Crippen LogP contribution in [0.3, 0.4) is 0 Å². The molecule has 0 aliphatic carbocycles. The predicted octanol–water partition coefficient (Wildman–Crippen LogP) is 2.69. The highest BCUT2D eigenvalue weighted by molar-refractivity contribution is 8.00. The van der Waals surface area contributed by atoms with Gasteiger partial charge in [-0.25, -0.2) is 9.48 Å². The molecule has 0 bridgehead atoms. The monoisotopic (exact) mass is 372 g/mol.